The first-order chi connectivity index (χ1) is 16.9. The zero-order valence-electron chi connectivity index (χ0n) is 20.0. The van der Waals surface area contributed by atoms with Gasteiger partial charge in [-0.2, -0.15) is 0 Å². The van der Waals surface area contributed by atoms with Crippen molar-refractivity contribution in [3.63, 3.8) is 0 Å². The number of carboxylic acid groups (broad SMARTS) is 1. The van der Waals surface area contributed by atoms with Crippen LogP contribution in [-0.4, -0.2) is 60.1 Å². The predicted molar refractivity (Wildman–Crippen MR) is 139 cm³/mol. The van der Waals surface area contributed by atoms with E-state index in [4.69, 9.17) is 9.84 Å². The van der Waals surface area contributed by atoms with Crippen LogP contribution in [0.3, 0.4) is 0 Å². The van der Waals surface area contributed by atoms with Gasteiger partial charge in [0, 0.05) is 31.2 Å². The number of carboxylic acids is 1. The Morgan fingerprint density at radius 2 is 1.81 bits per heavy atom. The molecule has 1 aliphatic heterocycles. The SMILES string of the molecule is C[C@@H](NCC1CN(Cc2ccc(C(=O)NCC(=O)O)cc2)C(=O)CO1)c1cccc2ccccc12.Cl. The molecule has 0 bridgehead atoms. The zero-order chi connectivity index (χ0) is 24.8. The van der Waals surface area contributed by atoms with Gasteiger partial charge in [-0.1, -0.05) is 54.6 Å². The third-order valence-corrected chi connectivity index (χ3v) is 6.15. The first-order valence-electron chi connectivity index (χ1n) is 11.6. The minimum Gasteiger partial charge on any atom is -0.480 e. The second-order valence-corrected chi connectivity index (χ2v) is 8.68. The fraction of sp³-hybridized carbons (Fsp3) is 0.296. The highest BCUT2D eigenvalue weighted by Crippen LogP contribution is 2.24. The molecule has 4 rings (SSSR count). The van der Waals surface area contributed by atoms with Crippen molar-refractivity contribution in [2.45, 2.75) is 25.6 Å². The summed E-state index contributed by atoms with van der Waals surface area (Å²) in [6.45, 7) is 3.21. The number of nitrogens with one attached hydrogen (secondary N) is 2. The van der Waals surface area contributed by atoms with Crippen LogP contribution in [0.15, 0.2) is 66.7 Å². The minimum atomic E-state index is -1.10. The molecule has 9 heteroatoms. The topological polar surface area (TPSA) is 108 Å². The number of fused-ring (bicyclic) bond motifs is 1. The number of carbonyl (C=O) groups excluding carboxylic acids is 2. The maximum atomic E-state index is 12.4. The van der Waals surface area contributed by atoms with Crippen LogP contribution in [0.2, 0.25) is 0 Å². The Hall–Kier alpha value is -3.46. The van der Waals surface area contributed by atoms with Gasteiger partial charge in [-0.25, -0.2) is 0 Å². The number of morpholine rings is 1. The number of carbonyl (C=O) groups is 3. The molecule has 1 heterocycles. The highest BCUT2D eigenvalue weighted by molar-refractivity contribution is 5.95. The van der Waals surface area contributed by atoms with Gasteiger partial charge in [0.1, 0.15) is 13.2 Å². The summed E-state index contributed by atoms with van der Waals surface area (Å²) in [5, 5.41) is 17.0. The van der Waals surface area contributed by atoms with Crippen LogP contribution in [-0.2, 0) is 20.9 Å². The Kier molecular flexibility index (Phi) is 9.41. The van der Waals surface area contributed by atoms with Gasteiger partial charge < -0.3 is 25.4 Å². The smallest absolute Gasteiger partial charge is 0.322 e. The molecule has 3 aromatic rings. The Morgan fingerprint density at radius 3 is 2.56 bits per heavy atom. The average molecular weight is 512 g/mol. The molecule has 2 amide bonds. The minimum absolute atomic E-state index is 0. The molecule has 36 heavy (non-hydrogen) atoms. The normalized spacial score (nSPS) is 16.3. The lowest BCUT2D eigenvalue weighted by Crippen LogP contribution is -2.49. The van der Waals surface area contributed by atoms with Crippen molar-refractivity contribution in [2.75, 3.05) is 26.2 Å². The molecule has 0 spiro atoms. The number of halogens is 1. The Morgan fingerprint density at radius 1 is 1.08 bits per heavy atom. The van der Waals surface area contributed by atoms with Gasteiger partial charge in [-0.3, -0.25) is 14.4 Å². The molecule has 0 aliphatic carbocycles. The van der Waals surface area contributed by atoms with Crippen LogP contribution in [0.5, 0.6) is 0 Å². The molecule has 2 atom stereocenters. The molecule has 3 aromatic carbocycles. The Bertz CT molecular complexity index is 1210. The number of aliphatic carboxylic acids is 1. The van der Waals surface area contributed by atoms with Gasteiger partial charge in [0.25, 0.3) is 5.91 Å². The van der Waals surface area contributed by atoms with Crippen molar-refractivity contribution in [1.29, 1.82) is 0 Å². The van der Waals surface area contributed by atoms with Crippen LogP contribution < -0.4 is 10.6 Å². The lowest BCUT2D eigenvalue weighted by Gasteiger charge is -2.33. The van der Waals surface area contributed by atoms with Crippen molar-refractivity contribution in [3.05, 3.63) is 83.4 Å². The van der Waals surface area contributed by atoms with Crippen LogP contribution in [0.25, 0.3) is 10.8 Å². The zero-order valence-corrected chi connectivity index (χ0v) is 20.8. The van der Waals surface area contributed by atoms with Gasteiger partial charge in [-0.15, -0.1) is 12.4 Å². The average Bonchev–Trinajstić information content (AvgIpc) is 2.87. The number of hydrogen-bond acceptors (Lipinski definition) is 5. The molecule has 1 aliphatic rings. The summed E-state index contributed by atoms with van der Waals surface area (Å²) in [5.74, 6) is -1.63. The van der Waals surface area contributed by atoms with Gasteiger partial charge >= 0.3 is 5.97 Å². The van der Waals surface area contributed by atoms with Crippen molar-refractivity contribution >= 4 is 41.0 Å². The number of nitrogens with zero attached hydrogens (tertiary/aromatic N) is 1. The van der Waals surface area contributed by atoms with Crippen LogP contribution in [0.1, 0.15) is 34.5 Å². The molecule has 190 valence electrons. The molecule has 0 radical (unpaired) electrons. The van der Waals surface area contributed by atoms with Gasteiger partial charge in [-0.05, 0) is 41.0 Å². The van der Waals surface area contributed by atoms with E-state index in [2.05, 4.69) is 47.9 Å². The van der Waals surface area contributed by atoms with E-state index in [0.717, 1.165) is 5.56 Å². The van der Waals surface area contributed by atoms with E-state index in [1.807, 2.05) is 12.1 Å². The molecule has 8 nitrogen and oxygen atoms in total. The van der Waals surface area contributed by atoms with E-state index in [0.29, 0.717) is 25.2 Å². The van der Waals surface area contributed by atoms with E-state index in [1.165, 1.54) is 16.3 Å². The maximum absolute atomic E-state index is 12.4. The summed E-state index contributed by atoms with van der Waals surface area (Å²) >= 11 is 0. The van der Waals surface area contributed by atoms with Crippen molar-refractivity contribution in [2.24, 2.45) is 0 Å². The lowest BCUT2D eigenvalue weighted by molar-refractivity contribution is -0.149. The van der Waals surface area contributed by atoms with Gasteiger partial charge in [0.05, 0.1) is 6.10 Å². The van der Waals surface area contributed by atoms with E-state index in [9.17, 15) is 14.4 Å². The molecule has 1 unspecified atom stereocenters. The number of rotatable bonds is 9. The quantitative estimate of drug-likeness (QED) is 0.407. The number of hydrogen-bond donors (Lipinski definition) is 3. The molecule has 3 N–H and O–H groups in total. The molecule has 0 saturated carbocycles. The molecular weight excluding hydrogens is 482 g/mol. The molecule has 1 fully saturated rings. The predicted octanol–water partition coefficient (Wildman–Crippen LogP) is 3.15. The molecule has 1 saturated heterocycles. The fourth-order valence-corrected chi connectivity index (χ4v) is 4.24. The molecule has 0 aromatic heterocycles. The summed E-state index contributed by atoms with van der Waals surface area (Å²) < 4.78 is 5.77. The second kappa shape index (κ2) is 12.5. The molecular formula is C27H30ClN3O5. The third-order valence-electron chi connectivity index (χ3n) is 6.15. The highest BCUT2D eigenvalue weighted by atomic mass is 35.5. The summed E-state index contributed by atoms with van der Waals surface area (Å²) in [6.07, 6.45) is -0.133. The van der Waals surface area contributed by atoms with Crippen LogP contribution in [0.4, 0.5) is 0 Å². The van der Waals surface area contributed by atoms with E-state index in [-0.39, 0.29) is 37.1 Å². The maximum Gasteiger partial charge on any atom is 0.322 e. The summed E-state index contributed by atoms with van der Waals surface area (Å²) in [6, 6.07) is 21.5. The lowest BCUT2D eigenvalue weighted by atomic mass is 9.99. The summed E-state index contributed by atoms with van der Waals surface area (Å²) in [7, 11) is 0. The largest absolute Gasteiger partial charge is 0.480 e. The second-order valence-electron chi connectivity index (χ2n) is 8.68. The summed E-state index contributed by atoms with van der Waals surface area (Å²) in [4.78, 5) is 36.8. The van der Waals surface area contributed by atoms with E-state index >= 15 is 0 Å². The van der Waals surface area contributed by atoms with E-state index in [1.54, 1.807) is 29.2 Å². The Labute approximate surface area is 216 Å². The Balaban J connectivity index is 0.00000361. The fourth-order valence-electron chi connectivity index (χ4n) is 4.24. The number of ether oxygens (including phenoxy) is 1. The van der Waals surface area contributed by atoms with Gasteiger partial charge in [0.15, 0.2) is 0 Å². The number of benzene rings is 3. The van der Waals surface area contributed by atoms with Gasteiger partial charge in [0.2, 0.25) is 5.91 Å². The van der Waals surface area contributed by atoms with Crippen molar-refractivity contribution < 1.29 is 24.2 Å². The van der Waals surface area contributed by atoms with Crippen molar-refractivity contribution in [3.8, 4) is 0 Å². The first-order valence-corrected chi connectivity index (χ1v) is 11.6. The van der Waals surface area contributed by atoms with E-state index < -0.39 is 18.4 Å². The first kappa shape index (κ1) is 27.1. The van der Waals surface area contributed by atoms with Crippen LogP contribution >= 0.6 is 12.4 Å². The van der Waals surface area contributed by atoms with Crippen LogP contribution in [0, 0.1) is 0 Å². The third kappa shape index (κ3) is 6.81. The number of amides is 2. The monoisotopic (exact) mass is 511 g/mol. The highest BCUT2D eigenvalue weighted by Gasteiger charge is 2.26. The standard InChI is InChI=1S/C27H29N3O5.ClH/c1-18(23-8-4-6-20-5-2-3-7-24(20)23)28-13-22-16-30(25(31)17-35-22)15-19-9-11-21(12-10-19)27(34)29-14-26(32)33;/h2-12,18,22,28H,13-17H2,1H3,(H,29,34)(H,32,33);1H/t18-,22?;/m1./s1. The van der Waals surface area contributed by atoms with Crippen molar-refractivity contribution in [1.82, 2.24) is 15.5 Å². The summed E-state index contributed by atoms with van der Waals surface area (Å²) in [5.41, 5.74) is 2.47.